The molecule has 1 rings (SSSR count). The van der Waals surface area contributed by atoms with Crippen LogP contribution in [0.3, 0.4) is 0 Å². The van der Waals surface area contributed by atoms with Crippen LogP contribution in [0.5, 0.6) is 0 Å². The van der Waals surface area contributed by atoms with Crippen molar-refractivity contribution in [1.29, 1.82) is 0 Å². The van der Waals surface area contributed by atoms with Gasteiger partial charge in [0.15, 0.2) is 0 Å². The molecule has 0 saturated carbocycles. The number of carboxylic acid groups (broad SMARTS) is 1. The Bertz CT molecular complexity index is 492. The van der Waals surface area contributed by atoms with Gasteiger partial charge in [-0.2, -0.15) is 13.2 Å². The van der Waals surface area contributed by atoms with Gasteiger partial charge in [-0.1, -0.05) is 6.92 Å². The van der Waals surface area contributed by atoms with Crippen molar-refractivity contribution in [2.75, 3.05) is 18.5 Å². The van der Waals surface area contributed by atoms with Crippen LogP contribution in [0.4, 0.5) is 19.0 Å². The van der Waals surface area contributed by atoms with E-state index in [4.69, 9.17) is 10.2 Å². The number of nitrogens with one attached hydrogen (secondary N) is 1. The molecule has 0 saturated heterocycles. The highest BCUT2D eigenvalue weighted by molar-refractivity contribution is 5.93. The summed E-state index contributed by atoms with van der Waals surface area (Å²) in [6, 6.07) is 1.53. The molecule has 0 amide bonds. The number of carboxylic acids is 1. The molecular weight excluding hydrogens is 289 g/mol. The first kappa shape index (κ1) is 17.2. The fourth-order valence-electron chi connectivity index (χ4n) is 1.67. The molecule has 1 aromatic heterocycles. The van der Waals surface area contributed by atoms with Crippen molar-refractivity contribution < 1.29 is 28.2 Å². The quantitative estimate of drug-likeness (QED) is 0.675. The van der Waals surface area contributed by atoms with Gasteiger partial charge in [-0.15, -0.1) is 0 Å². The highest BCUT2D eigenvalue weighted by Crippen LogP contribution is 2.29. The lowest BCUT2D eigenvalue weighted by atomic mass is 10.1. The SMILES string of the molecule is CC(CO)CCCNc1nc(C(F)(F)F)ccc1C(=O)O. The molecule has 0 bridgehead atoms. The molecule has 1 aromatic rings. The van der Waals surface area contributed by atoms with E-state index in [0.29, 0.717) is 18.9 Å². The van der Waals surface area contributed by atoms with E-state index in [1.807, 2.05) is 6.92 Å². The van der Waals surface area contributed by atoms with E-state index in [-0.39, 0.29) is 30.5 Å². The van der Waals surface area contributed by atoms with Crippen LogP contribution in [0.15, 0.2) is 12.1 Å². The summed E-state index contributed by atoms with van der Waals surface area (Å²) in [5.74, 6) is -1.56. The van der Waals surface area contributed by atoms with Gasteiger partial charge in [0.25, 0.3) is 0 Å². The number of nitrogens with zero attached hydrogens (tertiary/aromatic N) is 1. The maximum atomic E-state index is 12.6. The molecule has 1 heterocycles. The van der Waals surface area contributed by atoms with Crippen molar-refractivity contribution in [2.24, 2.45) is 5.92 Å². The molecule has 3 N–H and O–H groups in total. The maximum Gasteiger partial charge on any atom is 0.433 e. The molecule has 0 aromatic carbocycles. The summed E-state index contributed by atoms with van der Waals surface area (Å²) < 4.78 is 37.7. The molecule has 0 aliphatic carbocycles. The number of aliphatic hydroxyl groups excluding tert-OH is 1. The lowest BCUT2D eigenvalue weighted by molar-refractivity contribution is -0.141. The number of pyridine rings is 1. The van der Waals surface area contributed by atoms with Crippen LogP contribution in [0.2, 0.25) is 0 Å². The molecule has 1 unspecified atom stereocenters. The largest absolute Gasteiger partial charge is 0.478 e. The van der Waals surface area contributed by atoms with Crippen molar-refractivity contribution in [1.82, 2.24) is 4.98 Å². The van der Waals surface area contributed by atoms with Crippen LogP contribution in [0, 0.1) is 5.92 Å². The minimum absolute atomic E-state index is 0.0299. The number of hydrogen-bond donors (Lipinski definition) is 3. The minimum atomic E-state index is -4.63. The summed E-state index contributed by atoms with van der Waals surface area (Å²) in [6.07, 6.45) is -3.37. The summed E-state index contributed by atoms with van der Waals surface area (Å²) in [5.41, 5.74) is -1.45. The molecule has 8 heteroatoms. The summed E-state index contributed by atoms with van der Waals surface area (Å²) in [6.45, 7) is 2.15. The second-order valence-corrected chi connectivity index (χ2v) is 4.75. The van der Waals surface area contributed by atoms with Crippen LogP contribution in [-0.2, 0) is 6.18 Å². The van der Waals surface area contributed by atoms with Crippen LogP contribution < -0.4 is 5.32 Å². The van der Waals surface area contributed by atoms with Crippen molar-refractivity contribution in [3.63, 3.8) is 0 Å². The van der Waals surface area contributed by atoms with E-state index < -0.39 is 17.8 Å². The van der Waals surface area contributed by atoms with Gasteiger partial charge in [0.05, 0.1) is 0 Å². The van der Waals surface area contributed by atoms with Gasteiger partial charge in [0.1, 0.15) is 17.1 Å². The molecular formula is C13H17F3N2O3. The van der Waals surface area contributed by atoms with Gasteiger partial charge in [-0.05, 0) is 30.9 Å². The molecule has 0 aliphatic heterocycles. The van der Waals surface area contributed by atoms with Gasteiger partial charge in [-0.25, -0.2) is 9.78 Å². The molecule has 0 spiro atoms. The molecule has 118 valence electrons. The molecule has 1 atom stereocenters. The second-order valence-electron chi connectivity index (χ2n) is 4.75. The predicted octanol–water partition coefficient (Wildman–Crippen LogP) is 2.62. The summed E-state index contributed by atoms with van der Waals surface area (Å²) in [4.78, 5) is 14.3. The number of aromatic nitrogens is 1. The number of carbonyl (C=O) groups is 1. The average molecular weight is 306 g/mol. The molecule has 0 radical (unpaired) electrons. The Morgan fingerprint density at radius 2 is 2.10 bits per heavy atom. The monoisotopic (exact) mass is 306 g/mol. The summed E-state index contributed by atoms with van der Waals surface area (Å²) >= 11 is 0. The normalized spacial score (nSPS) is 13.0. The van der Waals surface area contributed by atoms with Crippen molar-refractivity contribution >= 4 is 11.8 Å². The van der Waals surface area contributed by atoms with Crippen LogP contribution in [0.25, 0.3) is 0 Å². The Balaban J connectivity index is 2.80. The van der Waals surface area contributed by atoms with E-state index in [1.165, 1.54) is 0 Å². The second kappa shape index (κ2) is 7.26. The van der Waals surface area contributed by atoms with Gasteiger partial charge >= 0.3 is 12.1 Å². The van der Waals surface area contributed by atoms with Gasteiger partial charge in [-0.3, -0.25) is 0 Å². The predicted molar refractivity (Wildman–Crippen MR) is 70.2 cm³/mol. The highest BCUT2D eigenvalue weighted by atomic mass is 19.4. The number of hydrogen-bond acceptors (Lipinski definition) is 4. The van der Waals surface area contributed by atoms with Crippen molar-refractivity contribution in [3.8, 4) is 0 Å². The van der Waals surface area contributed by atoms with E-state index >= 15 is 0 Å². The lowest BCUT2D eigenvalue weighted by Gasteiger charge is -2.13. The van der Waals surface area contributed by atoms with Gasteiger partial charge < -0.3 is 15.5 Å². The van der Waals surface area contributed by atoms with E-state index in [1.54, 1.807) is 0 Å². The molecule has 0 fully saturated rings. The number of rotatable bonds is 7. The van der Waals surface area contributed by atoms with Gasteiger partial charge in [0, 0.05) is 13.2 Å². The Labute approximate surface area is 119 Å². The zero-order chi connectivity index (χ0) is 16.0. The average Bonchev–Trinajstić information content (AvgIpc) is 2.41. The lowest BCUT2D eigenvalue weighted by Crippen LogP contribution is -2.15. The Hall–Kier alpha value is -1.83. The maximum absolute atomic E-state index is 12.6. The minimum Gasteiger partial charge on any atom is -0.478 e. The first-order valence-corrected chi connectivity index (χ1v) is 6.42. The molecule has 5 nitrogen and oxygen atoms in total. The highest BCUT2D eigenvalue weighted by Gasteiger charge is 2.33. The number of anilines is 1. The third-order valence-corrected chi connectivity index (χ3v) is 2.89. The van der Waals surface area contributed by atoms with Gasteiger partial charge in [0.2, 0.25) is 0 Å². The third kappa shape index (κ3) is 5.22. The van der Waals surface area contributed by atoms with Crippen LogP contribution in [-0.4, -0.2) is 34.3 Å². The van der Waals surface area contributed by atoms with Crippen molar-refractivity contribution in [3.05, 3.63) is 23.4 Å². The van der Waals surface area contributed by atoms with E-state index in [2.05, 4.69) is 10.3 Å². The smallest absolute Gasteiger partial charge is 0.433 e. The molecule has 0 aliphatic rings. The number of aliphatic hydroxyl groups is 1. The summed E-state index contributed by atoms with van der Waals surface area (Å²) in [5, 5.41) is 20.4. The fraction of sp³-hybridized carbons (Fsp3) is 0.538. The Kier molecular flexibility index (Phi) is 5.95. The number of aromatic carboxylic acids is 1. The first-order valence-electron chi connectivity index (χ1n) is 6.42. The number of halogens is 3. The van der Waals surface area contributed by atoms with Crippen LogP contribution in [0.1, 0.15) is 35.8 Å². The topological polar surface area (TPSA) is 82.5 Å². The Morgan fingerprint density at radius 3 is 2.62 bits per heavy atom. The molecule has 21 heavy (non-hydrogen) atoms. The van der Waals surface area contributed by atoms with Crippen LogP contribution >= 0.6 is 0 Å². The fourth-order valence-corrected chi connectivity index (χ4v) is 1.67. The first-order chi connectivity index (χ1) is 9.75. The van der Waals surface area contributed by atoms with E-state index in [0.717, 1.165) is 6.07 Å². The standard InChI is InChI=1S/C13H17F3N2O3/c1-8(7-19)3-2-6-17-11-9(12(20)21)4-5-10(18-11)13(14,15)16/h4-5,8,19H,2-3,6-7H2,1H3,(H,17,18)(H,20,21). The zero-order valence-corrected chi connectivity index (χ0v) is 11.4. The van der Waals surface area contributed by atoms with Crippen molar-refractivity contribution in [2.45, 2.75) is 25.9 Å². The third-order valence-electron chi connectivity index (χ3n) is 2.89. The Morgan fingerprint density at radius 1 is 1.43 bits per heavy atom. The number of alkyl halides is 3. The zero-order valence-electron chi connectivity index (χ0n) is 11.4. The van der Waals surface area contributed by atoms with E-state index in [9.17, 15) is 18.0 Å². The summed E-state index contributed by atoms with van der Waals surface area (Å²) in [7, 11) is 0.